The molecule has 32 heavy (non-hydrogen) atoms. The van der Waals surface area contributed by atoms with Crippen LogP contribution in [0.4, 0.5) is 5.69 Å². The molecule has 0 aliphatic rings. The third kappa shape index (κ3) is 5.04. The minimum absolute atomic E-state index is 0.0607. The van der Waals surface area contributed by atoms with Crippen molar-refractivity contribution < 1.29 is 24.2 Å². The van der Waals surface area contributed by atoms with Crippen LogP contribution in [0.3, 0.4) is 0 Å². The zero-order chi connectivity index (χ0) is 23.1. The summed E-state index contributed by atoms with van der Waals surface area (Å²) in [5.41, 5.74) is 4.29. The molecule has 0 atom stereocenters. The van der Waals surface area contributed by atoms with Gasteiger partial charge < -0.3 is 19.9 Å². The number of ether oxygens (including phenoxy) is 2. The maximum Gasteiger partial charge on any atom is 0.273 e. The van der Waals surface area contributed by atoms with Crippen LogP contribution < -0.4 is 20.2 Å². The summed E-state index contributed by atoms with van der Waals surface area (Å²) in [4.78, 5) is 25.5. The Morgan fingerprint density at radius 1 is 0.844 bits per heavy atom. The Bertz CT molecular complexity index is 1170. The molecule has 0 radical (unpaired) electrons. The number of hydrazone groups is 1. The van der Waals surface area contributed by atoms with E-state index in [0.717, 1.165) is 0 Å². The highest BCUT2D eigenvalue weighted by Crippen LogP contribution is 2.28. The average molecular weight is 433 g/mol. The number of benzene rings is 3. The molecule has 0 saturated heterocycles. The predicted octanol–water partition coefficient (Wildman–Crippen LogP) is 3.82. The molecule has 3 rings (SSSR count). The van der Waals surface area contributed by atoms with E-state index in [4.69, 9.17) is 9.47 Å². The summed E-state index contributed by atoms with van der Waals surface area (Å²) >= 11 is 0. The summed E-state index contributed by atoms with van der Waals surface area (Å²) in [5, 5.41) is 16.7. The maximum atomic E-state index is 12.8. The molecule has 8 heteroatoms. The van der Waals surface area contributed by atoms with Crippen molar-refractivity contribution in [1.29, 1.82) is 0 Å². The van der Waals surface area contributed by atoms with Crippen LogP contribution in [-0.4, -0.2) is 36.9 Å². The quantitative estimate of drug-likeness (QED) is 0.388. The van der Waals surface area contributed by atoms with Crippen molar-refractivity contribution in [1.82, 2.24) is 5.43 Å². The van der Waals surface area contributed by atoms with Crippen molar-refractivity contribution >= 4 is 23.2 Å². The van der Waals surface area contributed by atoms with Crippen molar-refractivity contribution in [2.24, 2.45) is 5.10 Å². The van der Waals surface area contributed by atoms with Crippen LogP contribution in [0, 0.1) is 0 Å². The Kier molecular flexibility index (Phi) is 7.07. The first-order valence-electron chi connectivity index (χ1n) is 9.70. The first kappa shape index (κ1) is 22.4. The largest absolute Gasteiger partial charge is 0.507 e. The number of phenols is 1. The van der Waals surface area contributed by atoms with E-state index in [2.05, 4.69) is 15.8 Å². The van der Waals surface area contributed by atoms with Gasteiger partial charge >= 0.3 is 0 Å². The summed E-state index contributed by atoms with van der Waals surface area (Å²) < 4.78 is 10.4. The highest BCUT2D eigenvalue weighted by molar-refractivity contribution is 6.09. The third-order valence-corrected chi connectivity index (χ3v) is 4.68. The van der Waals surface area contributed by atoms with Crippen LogP contribution in [0.25, 0.3) is 0 Å². The topological polar surface area (TPSA) is 109 Å². The summed E-state index contributed by atoms with van der Waals surface area (Å²) in [7, 11) is 2.99. The number of amides is 2. The molecular weight excluding hydrogens is 410 g/mol. The Balaban J connectivity index is 1.78. The first-order chi connectivity index (χ1) is 15.4. The Morgan fingerprint density at radius 3 is 2.19 bits per heavy atom. The maximum absolute atomic E-state index is 12.8. The van der Waals surface area contributed by atoms with Crippen molar-refractivity contribution in [2.45, 2.75) is 6.92 Å². The number of carbonyl (C=O) groups excluding carboxylic acids is 2. The number of carbonyl (C=O) groups is 2. The zero-order valence-electron chi connectivity index (χ0n) is 17.9. The lowest BCUT2D eigenvalue weighted by molar-refractivity contribution is 0.0955. The summed E-state index contributed by atoms with van der Waals surface area (Å²) in [5.74, 6) is 0.0512. The number of methoxy groups -OCH3 is 2. The lowest BCUT2D eigenvalue weighted by Gasteiger charge is -2.12. The molecule has 0 saturated carbocycles. The molecular formula is C24H23N3O5. The van der Waals surface area contributed by atoms with Gasteiger partial charge in [-0.25, -0.2) is 5.43 Å². The van der Waals surface area contributed by atoms with E-state index < -0.39 is 11.8 Å². The number of hydrogen-bond donors (Lipinski definition) is 3. The van der Waals surface area contributed by atoms with Crippen LogP contribution in [0.1, 0.15) is 33.2 Å². The van der Waals surface area contributed by atoms with E-state index in [1.165, 1.54) is 20.3 Å². The lowest BCUT2D eigenvalue weighted by Crippen LogP contribution is -2.22. The second-order valence-corrected chi connectivity index (χ2v) is 6.72. The highest BCUT2D eigenvalue weighted by Gasteiger charge is 2.16. The van der Waals surface area contributed by atoms with Gasteiger partial charge in [0.25, 0.3) is 11.8 Å². The SMILES string of the molecule is COc1ccc(C(=O)Nc2ccccc2C(=O)NN=C(C)c2ccccc2O)cc1OC. The molecule has 3 aromatic carbocycles. The normalized spacial score (nSPS) is 10.9. The minimum atomic E-state index is -0.511. The fraction of sp³-hybridized carbons (Fsp3) is 0.125. The summed E-state index contributed by atoms with van der Waals surface area (Å²) in [6.45, 7) is 1.67. The van der Waals surface area contributed by atoms with Gasteiger partial charge in [-0.2, -0.15) is 5.10 Å². The van der Waals surface area contributed by atoms with Gasteiger partial charge in [-0.05, 0) is 49.4 Å². The molecule has 0 bridgehead atoms. The van der Waals surface area contributed by atoms with Crippen molar-refractivity contribution in [2.75, 3.05) is 19.5 Å². The van der Waals surface area contributed by atoms with Gasteiger partial charge in [0.15, 0.2) is 11.5 Å². The van der Waals surface area contributed by atoms with Crippen molar-refractivity contribution in [3.05, 3.63) is 83.4 Å². The fourth-order valence-electron chi connectivity index (χ4n) is 3.00. The number of nitrogens with zero attached hydrogens (tertiary/aromatic N) is 1. The minimum Gasteiger partial charge on any atom is -0.507 e. The third-order valence-electron chi connectivity index (χ3n) is 4.68. The first-order valence-corrected chi connectivity index (χ1v) is 9.70. The van der Waals surface area contributed by atoms with Crippen LogP contribution >= 0.6 is 0 Å². The van der Waals surface area contributed by atoms with Crippen molar-refractivity contribution in [3.8, 4) is 17.2 Å². The molecule has 0 aliphatic heterocycles. The van der Waals surface area contributed by atoms with Crippen LogP contribution in [0.15, 0.2) is 71.8 Å². The van der Waals surface area contributed by atoms with E-state index in [9.17, 15) is 14.7 Å². The number of para-hydroxylation sites is 2. The zero-order valence-corrected chi connectivity index (χ0v) is 17.9. The van der Waals surface area contributed by atoms with E-state index in [0.29, 0.717) is 34.0 Å². The summed E-state index contributed by atoms with van der Waals surface area (Å²) in [6, 6.07) is 18.0. The number of phenolic OH excluding ortho intramolecular Hbond substituents is 1. The van der Waals surface area contributed by atoms with Gasteiger partial charge in [0.1, 0.15) is 5.75 Å². The molecule has 0 aromatic heterocycles. The van der Waals surface area contributed by atoms with E-state index in [1.54, 1.807) is 67.6 Å². The monoisotopic (exact) mass is 433 g/mol. The number of nitrogens with one attached hydrogen (secondary N) is 2. The molecule has 0 spiro atoms. The van der Waals surface area contributed by atoms with E-state index in [-0.39, 0.29) is 11.3 Å². The fourth-order valence-corrected chi connectivity index (χ4v) is 3.00. The standard InChI is InChI=1S/C24H23N3O5/c1-15(17-8-5-7-11-20(17)28)26-27-24(30)18-9-4-6-10-19(18)25-23(29)16-12-13-21(31-2)22(14-16)32-3/h4-14,28H,1-3H3,(H,25,29)(H,27,30). The lowest BCUT2D eigenvalue weighted by atomic mass is 10.1. The van der Waals surface area contributed by atoms with Crippen LogP contribution in [0.5, 0.6) is 17.2 Å². The van der Waals surface area contributed by atoms with Crippen LogP contribution in [0.2, 0.25) is 0 Å². The molecule has 0 aliphatic carbocycles. The molecule has 0 heterocycles. The van der Waals surface area contributed by atoms with Gasteiger partial charge in [-0.3, -0.25) is 9.59 Å². The number of rotatable bonds is 7. The van der Waals surface area contributed by atoms with Gasteiger partial charge in [0, 0.05) is 11.1 Å². The number of aromatic hydroxyl groups is 1. The predicted molar refractivity (Wildman–Crippen MR) is 122 cm³/mol. The molecule has 0 unspecified atom stereocenters. The molecule has 0 fully saturated rings. The van der Waals surface area contributed by atoms with Gasteiger partial charge in [0.2, 0.25) is 0 Å². The molecule has 3 aromatic rings. The Labute approximate surface area is 185 Å². The van der Waals surface area contributed by atoms with E-state index in [1.807, 2.05) is 0 Å². The molecule has 3 N–H and O–H groups in total. The van der Waals surface area contributed by atoms with Gasteiger partial charge in [0.05, 0.1) is 31.2 Å². The average Bonchev–Trinajstić information content (AvgIpc) is 2.82. The number of hydrogen-bond acceptors (Lipinski definition) is 6. The Hall–Kier alpha value is -4.33. The molecule has 8 nitrogen and oxygen atoms in total. The Morgan fingerprint density at radius 2 is 1.50 bits per heavy atom. The second-order valence-electron chi connectivity index (χ2n) is 6.72. The van der Waals surface area contributed by atoms with Gasteiger partial charge in [-0.1, -0.05) is 24.3 Å². The highest BCUT2D eigenvalue weighted by atomic mass is 16.5. The second kappa shape index (κ2) is 10.1. The molecule has 2 amide bonds. The van der Waals surface area contributed by atoms with Crippen LogP contribution in [-0.2, 0) is 0 Å². The smallest absolute Gasteiger partial charge is 0.273 e. The van der Waals surface area contributed by atoms with Crippen molar-refractivity contribution in [3.63, 3.8) is 0 Å². The summed E-state index contributed by atoms with van der Waals surface area (Å²) in [6.07, 6.45) is 0. The number of anilines is 1. The van der Waals surface area contributed by atoms with Gasteiger partial charge in [-0.15, -0.1) is 0 Å². The molecule has 164 valence electrons. The van der Waals surface area contributed by atoms with E-state index >= 15 is 0 Å².